The summed E-state index contributed by atoms with van der Waals surface area (Å²) < 4.78 is 6.13. The van der Waals surface area contributed by atoms with E-state index in [1.54, 1.807) is 6.07 Å². The lowest BCUT2D eigenvalue weighted by atomic mass is 10.1. The summed E-state index contributed by atoms with van der Waals surface area (Å²) in [4.78, 5) is 8.22. The Hall–Kier alpha value is -3.61. The van der Waals surface area contributed by atoms with E-state index in [4.69, 9.17) is 10.5 Å². The van der Waals surface area contributed by atoms with Crippen molar-refractivity contribution >= 4 is 28.2 Å². The Morgan fingerprint density at radius 2 is 1.92 bits per heavy atom. The quantitative estimate of drug-likeness (QED) is 0.438. The van der Waals surface area contributed by atoms with E-state index in [0.717, 1.165) is 39.4 Å². The van der Waals surface area contributed by atoms with Crippen molar-refractivity contribution in [1.82, 2.24) is 20.2 Å². The second-order valence-corrected chi connectivity index (χ2v) is 5.52. The van der Waals surface area contributed by atoms with Crippen molar-refractivity contribution in [3.05, 3.63) is 48.8 Å². The molecule has 0 saturated heterocycles. The Bertz CT molecular complexity index is 1090. The van der Waals surface area contributed by atoms with E-state index in [2.05, 4.69) is 25.5 Å². The van der Waals surface area contributed by atoms with E-state index in [1.807, 2.05) is 36.4 Å². The third-order valence-corrected chi connectivity index (χ3v) is 3.97. The van der Waals surface area contributed by atoms with Crippen LogP contribution in [0.3, 0.4) is 0 Å². The van der Waals surface area contributed by atoms with Gasteiger partial charge >= 0.3 is 0 Å². The van der Waals surface area contributed by atoms with Gasteiger partial charge in [-0.15, -0.1) is 0 Å². The molecular weight excluding hydrogens is 304 g/mol. The molecule has 7 nitrogen and oxygen atoms in total. The Morgan fingerprint density at radius 1 is 1.00 bits per heavy atom. The molecule has 24 heavy (non-hydrogen) atoms. The summed E-state index contributed by atoms with van der Waals surface area (Å²) in [6.45, 7) is 0. The standard InChI is InChI=1S/C17H12N6O/c18-15-7-11(19-8-20-15)9-5-12-16-14(6-9)24-13-4-2-1-3-10(13)21-17(16)23-22-12/h1-8H,(H2,18,19,20)(H2,21,22,23). The number of aromatic nitrogens is 4. The van der Waals surface area contributed by atoms with Crippen LogP contribution in [0.25, 0.3) is 22.2 Å². The number of para-hydroxylation sites is 2. The predicted octanol–water partition coefficient (Wildman–Crippen LogP) is 3.45. The highest BCUT2D eigenvalue weighted by Gasteiger charge is 2.20. The fraction of sp³-hybridized carbons (Fsp3) is 0. The third-order valence-electron chi connectivity index (χ3n) is 3.97. The number of rotatable bonds is 1. The SMILES string of the molecule is Nc1cc(-c2cc3c4c(n[nH]c4c2)Nc2ccccc2O3)ncn1. The fourth-order valence-corrected chi connectivity index (χ4v) is 2.87. The van der Waals surface area contributed by atoms with Crippen LogP contribution < -0.4 is 15.8 Å². The number of nitrogens with one attached hydrogen (secondary N) is 2. The molecule has 0 bridgehead atoms. The zero-order valence-electron chi connectivity index (χ0n) is 12.4. The molecule has 2 aromatic heterocycles. The van der Waals surface area contributed by atoms with Crippen LogP contribution in [0.5, 0.6) is 11.5 Å². The van der Waals surface area contributed by atoms with E-state index >= 15 is 0 Å². The monoisotopic (exact) mass is 316 g/mol. The molecule has 0 spiro atoms. The highest BCUT2D eigenvalue weighted by Crippen LogP contribution is 2.43. The van der Waals surface area contributed by atoms with Crippen LogP contribution in [0.1, 0.15) is 0 Å². The Balaban J connectivity index is 1.75. The van der Waals surface area contributed by atoms with Crippen molar-refractivity contribution in [3.8, 4) is 22.8 Å². The number of hydrogen-bond donors (Lipinski definition) is 3. The Labute approximate surface area is 136 Å². The van der Waals surface area contributed by atoms with E-state index in [9.17, 15) is 0 Å². The van der Waals surface area contributed by atoms with Crippen LogP contribution in [0.2, 0.25) is 0 Å². The van der Waals surface area contributed by atoms with Crippen LogP contribution in [0.15, 0.2) is 48.8 Å². The molecule has 0 radical (unpaired) electrons. The van der Waals surface area contributed by atoms with Gasteiger partial charge in [0, 0.05) is 11.6 Å². The molecular formula is C17H12N6O. The zero-order valence-corrected chi connectivity index (χ0v) is 12.4. The number of nitrogen functional groups attached to an aromatic ring is 1. The Kier molecular flexibility index (Phi) is 2.52. The van der Waals surface area contributed by atoms with Crippen LogP contribution >= 0.6 is 0 Å². The van der Waals surface area contributed by atoms with E-state index < -0.39 is 0 Å². The lowest BCUT2D eigenvalue weighted by molar-refractivity contribution is 0.492. The lowest BCUT2D eigenvalue weighted by Crippen LogP contribution is -1.93. The van der Waals surface area contributed by atoms with Crippen LogP contribution in [-0.2, 0) is 0 Å². The molecule has 2 aromatic carbocycles. The fourth-order valence-electron chi connectivity index (χ4n) is 2.87. The molecule has 7 heteroatoms. The van der Waals surface area contributed by atoms with Crippen molar-refractivity contribution in [2.75, 3.05) is 11.1 Å². The lowest BCUT2D eigenvalue weighted by Gasteiger charge is -2.09. The van der Waals surface area contributed by atoms with Crippen LogP contribution in [-0.4, -0.2) is 20.2 Å². The second-order valence-electron chi connectivity index (χ2n) is 5.52. The van der Waals surface area contributed by atoms with Gasteiger partial charge in [0.1, 0.15) is 17.9 Å². The van der Waals surface area contributed by atoms with Crippen LogP contribution in [0.4, 0.5) is 17.3 Å². The molecule has 0 aliphatic carbocycles. The summed E-state index contributed by atoms with van der Waals surface area (Å²) in [5.74, 6) is 2.61. The van der Waals surface area contributed by atoms with Gasteiger partial charge in [0.2, 0.25) is 0 Å². The van der Waals surface area contributed by atoms with Gasteiger partial charge in [0.05, 0.1) is 22.3 Å². The number of ether oxygens (including phenoxy) is 1. The number of H-pyrrole nitrogens is 1. The maximum Gasteiger partial charge on any atom is 0.164 e. The Morgan fingerprint density at radius 3 is 2.83 bits per heavy atom. The topological polar surface area (TPSA) is 102 Å². The number of aromatic amines is 1. The van der Waals surface area contributed by atoms with Gasteiger partial charge < -0.3 is 15.8 Å². The van der Waals surface area contributed by atoms with Gasteiger partial charge in [0.15, 0.2) is 11.6 Å². The molecule has 4 N–H and O–H groups in total. The second kappa shape index (κ2) is 4.69. The maximum absolute atomic E-state index is 6.13. The normalized spacial score (nSPS) is 12.2. The largest absolute Gasteiger partial charge is 0.454 e. The summed E-state index contributed by atoms with van der Waals surface area (Å²) in [6.07, 6.45) is 1.45. The van der Waals surface area contributed by atoms with Gasteiger partial charge in [-0.25, -0.2) is 9.97 Å². The predicted molar refractivity (Wildman–Crippen MR) is 91.3 cm³/mol. The number of fused-ring (bicyclic) bond motifs is 1. The van der Waals surface area contributed by atoms with Gasteiger partial charge in [0.25, 0.3) is 0 Å². The minimum absolute atomic E-state index is 0.421. The maximum atomic E-state index is 6.13. The summed E-state index contributed by atoms with van der Waals surface area (Å²) in [7, 11) is 0. The molecule has 4 aromatic rings. The molecule has 0 saturated carbocycles. The van der Waals surface area contributed by atoms with Crippen molar-refractivity contribution < 1.29 is 4.74 Å². The molecule has 3 heterocycles. The molecule has 1 aliphatic heterocycles. The van der Waals surface area contributed by atoms with Gasteiger partial charge in [-0.1, -0.05) is 12.1 Å². The first-order valence-corrected chi connectivity index (χ1v) is 7.42. The molecule has 116 valence electrons. The average molecular weight is 316 g/mol. The summed E-state index contributed by atoms with van der Waals surface area (Å²) in [6, 6.07) is 13.4. The molecule has 0 fully saturated rings. The number of anilines is 3. The highest BCUT2D eigenvalue weighted by molar-refractivity contribution is 6.00. The van der Waals surface area contributed by atoms with Crippen molar-refractivity contribution in [2.24, 2.45) is 0 Å². The molecule has 0 amide bonds. The minimum atomic E-state index is 0.421. The van der Waals surface area contributed by atoms with Crippen molar-refractivity contribution in [2.45, 2.75) is 0 Å². The molecule has 0 unspecified atom stereocenters. The molecule has 5 rings (SSSR count). The smallest absolute Gasteiger partial charge is 0.164 e. The first-order valence-electron chi connectivity index (χ1n) is 7.42. The number of nitrogens with two attached hydrogens (primary N) is 1. The van der Waals surface area contributed by atoms with Crippen molar-refractivity contribution in [3.63, 3.8) is 0 Å². The van der Waals surface area contributed by atoms with Gasteiger partial charge in [-0.05, 0) is 24.3 Å². The molecule has 0 atom stereocenters. The number of benzene rings is 2. The van der Waals surface area contributed by atoms with Crippen LogP contribution in [0, 0.1) is 0 Å². The van der Waals surface area contributed by atoms with Gasteiger partial charge in [-0.2, -0.15) is 5.10 Å². The summed E-state index contributed by atoms with van der Waals surface area (Å²) >= 11 is 0. The zero-order chi connectivity index (χ0) is 16.1. The molecule has 1 aliphatic rings. The van der Waals surface area contributed by atoms with E-state index in [0.29, 0.717) is 11.6 Å². The van der Waals surface area contributed by atoms with Crippen molar-refractivity contribution in [1.29, 1.82) is 0 Å². The first-order chi connectivity index (χ1) is 11.8. The highest BCUT2D eigenvalue weighted by atomic mass is 16.5. The average Bonchev–Trinajstić information content (AvgIpc) is 2.91. The number of hydrogen-bond acceptors (Lipinski definition) is 6. The van der Waals surface area contributed by atoms with Gasteiger partial charge in [-0.3, -0.25) is 5.10 Å². The summed E-state index contributed by atoms with van der Waals surface area (Å²) in [5, 5.41) is 11.6. The van der Waals surface area contributed by atoms with E-state index in [-0.39, 0.29) is 0 Å². The first kappa shape index (κ1) is 12.9. The number of nitrogens with zero attached hydrogens (tertiary/aromatic N) is 3. The summed E-state index contributed by atoms with van der Waals surface area (Å²) in [5.41, 5.74) is 9.10. The van der Waals surface area contributed by atoms with E-state index in [1.165, 1.54) is 6.33 Å². The third kappa shape index (κ3) is 1.88. The minimum Gasteiger partial charge on any atom is -0.454 e.